The van der Waals surface area contributed by atoms with Crippen LogP contribution in [0.15, 0.2) is 18.3 Å². The number of aliphatic carboxylic acids is 1. The van der Waals surface area contributed by atoms with E-state index in [2.05, 4.69) is 10.3 Å². The fourth-order valence-corrected chi connectivity index (χ4v) is 1.22. The molecule has 4 nitrogen and oxygen atoms in total. The van der Waals surface area contributed by atoms with Crippen LogP contribution in [0.1, 0.15) is 32.0 Å². The van der Waals surface area contributed by atoms with Gasteiger partial charge in [-0.15, -0.1) is 0 Å². The lowest BCUT2D eigenvalue weighted by Crippen LogP contribution is -2.35. The zero-order valence-electron chi connectivity index (χ0n) is 8.45. The van der Waals surface area contributed by atoms with Crippen LogP contribution in [0.5, 0.6) is 0 Å². The fraction of sp³-hybridized carbons (Fsp3) is 0.500. The molecular weight excluding hydrogens is 180 g/mol. The Kier molecular flexibility index (Phi) is 3.71. The summed E-state index contributed by atoms with van der Waals surface area (Å²) in [6.45, 7) is 3.99. The largest absolute Gasteiger partial charge is 0.480 e. The normalized spacial score (nSPS) is 15.0. The van der Waals surface area contributed by atoms with E-state index in [9.17, 15) is 4.79 Å². The monoisotopic (exact) mass is 196 g/mol. The molecule has 0 aliphatic rings. The number of aromatic nitrogens is 1. The molecule has 0 radical (unpaired) electrons. The third kappa shape index (κ3) is 2.60. The maximum Gasteiger partial charge on any atom is 0.326 e. The summed E-state index contributed by atoms with van der Waals surface area (Å²) in [6, 6.07) is 3.12. The average molecular weight is 196 g/mol. The molecule has 1 rings (SSSR count). The minimum atomic E-state index is -0.854. The molecular formula is C10H16N2O2. The Hall–Kier alpha value is -1.29. The van der Waals surface area contributed by atoms with Crippen molar-refractivity contribution in [1.29, 1.82) is 0 Å². The quantitative estimate of drug-likeness (QED) is 0.669. The lowest BCUT2D eigenvalue weighted by molar-refractivity contribution is -0.140. The van der Waals surface area contributed by atoms with Gasteiger partial charge in [-0.3, -0.25) is 10.1 Å². The van der Waals surface area contributed by atoms with E-state index in [-0.39, 0.29) is 6.04 Å². The van der Waals surface area contributed by atoms with Gasteiger partial charge in [0.1, 0.15) is 6.04 Å². The highest BCUT2D eigenvalue weighted by atomic mass is 16.4. The number of rotatable bonds is 5. The molecule has 1 aromatic heterocycles. The predicted octanol–water partition coefficient (Wildman–Crippen LogP) is 1.53. The summed E-state index contributed by atoms with van der Waals surface area (Å²) in [4.78, 5) is 13.9. The van der Waals surface area contributed by atoms with Gasteiger partial charge in [-0.2, -0.15) is 0 Å². The van der Waals surface area contributed by atoms with Crippen LogP contribution in [0.3, 0.4) is 0 Å². The maximum absolute atomic E-state index is 11.0. The SMILES string of the molecule is CCC(C)NC(C(=O)O)c1ccc[nH]1. The summed E-state index contributed by atoms with van der Waals surface area (Å²) < 4.78 is 0. The topological polar surface area (TPSA) is 65.1 Å². The Labute approximate surface area is 83.3 Å². The summed E-state index contributed by atoms with van der Waals surface area (Å²) >= 11 is 0. The minimum absolute atomic E-state index is 0.194. The number of nitrogens with one attached hydrogen (secondary N) is 2. The smallest absolute Gasteiger partial charge is 0.326 e. The lowest BCUT2D eigenvalue weighted by Gasteiger charge is -2.17. The first-order valence-electron chi connectivity index (χ1n) is 4.77. The zero-order valence-corrected chi connectivity index (χ0v) is 8.45. The van der Waals surface area contributed by atoms with Gasteiger partial charge in [0.2, 0.25) is 0 Å². The molecule has 0 bridgehead atoms. The van der Waals surface area contributed by atoms with Gasteiger partial charge in [0.25, 0.3) is 0 Å². The van der Waals surface area contributed by atoms with E-state index in [1.165, 1.54) is 0 Å². The van der Waals surface area contributed by atoms with E-state index in [1.54, 1.807) is 18.3 Å². The van der Waals surface area contributed by atoms with E-state index >= 15 is 0 Å². The Morgan fingerprint density at radius 1 is 1.71 bits per heavy atom. The highest BCUT2D eigenvalue weighted by molar-refractivity contribution is 5.74. The van der Waals surface area contributed by atoms with Gasteiger partial charge in [-0.05, 0) is 25.5 Å². The molecule has 0 saturated carbocycles. The number of hydrogen-bond donors (Lipinski definition) is 3. The summed E-state index contributed by atoms with van der Waals surface area (Å²) in [5.41, 5.74) is 0.692. The van der Waals surface area contributed by atoms with Gasteiger partial charge in [0, 0.05) is 17.9 Å². The standard InChI is InChI=1S/C10H16N2O2/c1-3-7(2)12-9(10(13)14)8-5-4-6-11-8/h4-7,9,11-12H,3H2,1-2H3,(H,13,14). The molecule has 0 fully saturated rings. The van der Waals surface area contributed by atoms with E-state index in [0.29, 0.717) is 5.69 Å². The molecule has 0 saturated heterocycles. The van der Waals surface area contributed by atoms with Gasteiger partial charge >= 0.3 is 5.97 Å². The summed E-state index contributed by atoms with van der Waals surface area (Å²) in [7, 11) is 0. The molecule has 2 atom stereocenters. The molecule has 0 spiro atoms. The number of H-pyrrole nitrogens is 1. The van der Waals surface area contributed by atoms with Crippen LogP contribution in [-0.4, -0.2) is 22.1 Å². The molecule has 0 amide bonds. The second kappa shape index (κ2) is 4.81. The van der Waals surface area contributed by atoms with Crippen LogP contribution in [0, 0.1) is 0 Å². The fourth-order valence-electron chi connectivity index (χ4n) is 1.22. The third-order valence-electron chi connectivity index (χ3n) is 2.24. The summed E-state index contributed by atoms with van der Waals surface area (Å²) in [5, 5.41) is 12.0. The Bertz CT molecular complexity index is 282. The van der Waals surface area contributed by atoms with Crippen molar-refractivity contribution in [2.24, 2.45) is 0 Å². The second-order valence-corrected chi connectivity index (χ2v) is 3.37. The third-order valence-corrected chi connectivity index (χ3v) is 2.24. The van der Waals surface area contributed by atoms with Crippen molar-refractivity contribution in [3.05, 3.63) is 24.0 Å². The minimum Gasteiger partial charge on any atom is -0.480 e. The van der Waals surface area contributed by atoms with Crippen LogP contribution >= 0.6 is 0 Å². The van der Waals surface area contributed by atoms with Crippen LogP contribution in [0.25, 0.3) is 0 Å². The predicted molar refractivity (Wildman–Crippen MR) is 54.1 cm³/mol. The zero-order chi connectivity index (χ0) is 10.6. The van der Waals surface area contributed by atoms with Crippen molar-refractivity contribution in [1.82, 2.24) is 10.3 Å². The van der Waals surface area contributed by atoms with Crippen LogP contribution < -0.4 is 5.32 Å². The van der Waals surface area contributed by atoms with Gasteiger partial charge in [0.15, 0.2) is 0 Å². The van der Waals surface area contributed by atoms with Crippen LogP contribution in [0.2, 0.25) is 0 Å². The van der Waals surface area contributed by atoms with Crippen molar-refractivity contribution in [2.75, 3.05) is 0 Å². The molecule has 0 aliphatic carbocycles. The van der Waals surface area contributed by atoms with E-state index in [0.717, 1.165) is 6.42 Å². The van der Waals surface area contributed by atoms with Crippen molar-refractivity contribution < 1.29 is 9.90 Å². The number of carbonyl (C=O) groups is 1. The Morgan fingerprint density at radius 3 is 2.86 bits per heavy atom. The average Bonchev–Trinajstić information content (AvgIpc) is 2.65. The molecule has 2 unspecified atom stereocenters. The highest BCUT2D eigenvalue weighted by Crippen LogP contribution is 2.11. The van der Waals surface area contributed by atoms with E-state index < -0.39 is 12.0 Å². The van der Waals surface area contributed by atoms with Gasteiger partial charge < -0.3 is 10.1 Å². The van der Waals surface area contributed by atoms with Crippen LogP contribution in [-0.2, 0) is 4.79 Å². The molecule has 0 aromatic carbocycles. The Morgan fingerprint density at radius 2 is 2.43 bits per heavy atom. The molecule has 0 aliphatic heterocycles. The first-order chi connectivity index (χ1) is 6.65. The first-order valence-corrected chi connectivity index (χ1v) is 4.77. The first kappa shape index (κ1) is 10.8. The number of hydrogen-bond acceptors (Lipinski definition) is 2. The van der Waals surface area contributed by atoms with Gasteiger partial charge in [0.05, 0.1) is 0 Å². The molecule has 78 valence electrons. The second-order valence-electron chi connectivity index (χ2n) is 3.37. The summed E-state index contributed by atoms with van der Waals surface area (Å²) in [6.07, 6.45) is 2.63. The molecule has 14 heavy (non-hydrogen) atoms. The lowest BCUT2D eigenvalue weighted by atomic mass is 10.1. The van der Waals surface area contributed by atoms with Crippen molar-refractivity contribution >= 4 is 5.97 Å². The van der Waals surface area contributed by atoms with Crippen LogP contribution in [0.4, 0.5) is 0 Å². The van der Waals surface area contributed by atoms with Crippen molar-refractivity contribution in [2.45, 2.75) is 32.4 Å². The maximum atomic E-state index is 11.0. The molecule has 4 heteroatoms. The van der Waals surface area contributed by atoms with E-state index in [4.69, 9.17) is 5.11 Å². The number of aromatic amines is 1. The van der Waals surface area contributed by atoms with Crippen molar-refractivity contribution in [3.8, 4) is 0 Å². The van der Waals surface area contributed by atoms with Crippen molar-refractivity contribution in [3.63, 3.8) is 0 Å². The van der Waals surface area contributed by atoms with E-state index in [1.807, 2.05) is 13.8 Å². The summed E-state index contributed by atoms with van der Waals surface area (Å²) in [5.74, 6) is -0.854. The molecule has 1 heterocycles. The number of carboxylic acids is 1. The molecule has 1 aromatic rings. The Balaban J connectivity index is 2.71. The molecule has 3 N–H and O–H groups in total. The van der Waals surface area contributed by atoms with Gasteiger partial charge in [-0.1, -0.05) is 6.92 Å². The van der Waals surface area contributed by atoms with Gasteiger partial charge in [-0.25, -0.2) is 0 Å². The number of carboxylic acid groups (broad SMARTS) is 1. The highest BCUT2D eigenvalue weighted by Gasteiger charge is 2.21.